The predicted molar refractivity (Wildman–Crippen MR) is 84.7 cm³/mol. The Morgan fingerprint density at radius 1 is 1.30 bits per heavy atom. The fourth-order valence-corrected chi connectivity index (χ4v) is 4.43. The van der Waals surface area contributed by atoms with Crippen LogP contribution in [-0.4, -0.2) is 48.3 Å². The van der Waals surface area contributed by atoms with Crippen LogP contribution in [0.25, 0.3) is 0 Å². The highest BCUT2D eigenvalue weighted by atomic mass is 16.3. The Labute approximate surface area is 125 Å². The number of hydrogen-bond donors (Lipinski definition) is 2. The molecule has 6 unspecified atom stereocenters. The van der Waals surface area contributed by atoms with Gasteiger partial charge in [-0.1, -0.05) is 20.8 Å². The van der Waals surface area contributed by atoms with E-state index in [1.54, 1.807) is 0 Å². The van der Waals surface area contributed by atoms with Crippen molar-refractivity contribution in [2.45, 2.75) is 59.1 Å². The van der Waals surface area contributed by atoms with Gasteiger partial charge in [0.25, 0.3) is 0 Å². The molecule has 6 atom stereocenters. The van der Waals surface area contributed by atoms with Gasteiger partial charge in [0.2, 0.25) is 0 Å². The van der Waals surface area contributed by atoms with Gasteiger partial charge in [-0.25, -0.2) is 0 Å². The van der Waals surface area contributed by atoms with Crippen molar-refractivity contribution in [2.75, 3.05) is 26.2 Å². The summed E-state index contributed by atoms with van der Waals surface area (Å²) < 4.78 is 0. The minimum Gasteiger partial charge on any atom is -0.393 e. The molecule has 0 aromatic rings. The summed E-state index contributed by atoms with van der Waals surface area (Å²) in [7, 11) is 0. The van der Waals surface area contributed by atoms with E-state index in [9.17, 15) is 5.11 Å². The summed E-state index contributed by atoms with van der Waals surface area (Å²) in [6, 6.07) is 0.685. The van der Waals surface area contributed by atoms with Crippen LogP contribution in [0.15, 0.2) is 0 Å². The number of aliphatic hydroxyl groups is 1. The van der Waals surface area contributed by atoms with E-state index in [2.05, 4.69) is 31.0 Å². The zero-order valence-electron chi connectivity index (χ0n) is 13.8. The summed E-state index contributed by atoms with van der Waals surface area (Å²) in [6.07, 6.45) is 3.73. The van der Waals surface area contributed by atoms with E-state index in [0.717, 1.165) is 30.8 Å². The van der Waals surface area contributed by atoms with Crippen molar-refractivity contribution in [3.05, 3.63) is 0 Å². The molecule has 2 rings (SSSR count). The second-order valence-corrected chi connectivity index (χ2v) is 7.43. The maximum atomic E-state index is 9.76. The van der Waals surface area contributed by atoms with Gasteiger partial charge < -0.3 is 15.3 Å². The molecule has 1 saturated heterocycles. The van der Waals surface area contributed by atoms with E-state index in [0.29, 0.717) is 12.0 Å². The maximum absolute atomic E-state index is 9.76. The third kappa shape index (κ3) is 3.96. The van der Waals surface area contributed by atoms with Crippen molar-refractivity contribution in [1.82, 2.24) is 10.2 Å². The van der Waals surface area contributed by atoms with E-state index in [1.165, 1.54) is 32.4 Å². The molecule has 0 aromatic heterocycles. The average molecular weight is 282 g/mol. The second-order valence-electron chi connectivity index (χ2n) is 7.43. The van der Waals surface area contributed by atoms with Crippen LogP contribution < -0.4 is 5.32 Å². The smallest absolute Gasteiger partial charge is 0.0552 e. The summed E-state index contributed by atoms with van der Waals surface area (Å²) in [5, 5.41) is 13.5. The molecule has 0 aromatic carbocycles. The molecule has 2 aliphatic rings. The summed E-state index contributed by atoms with van der Waals surface area (Å²) in [5.74, 6) is 2.94. The molecule has 0 radical (unpaired) electrons. The van der Waals surface area contributed by atoms with Gasteiger partial charge in [-0.2, -0.15) is 0 Å². The lowest BCUT2D eigenvalue weighted by atomic mass is 9.72. The van der Waals surface area contributed by atoms with Gasteiger partial charge in [0, 0.05) is 19.1 Å². The predicted octanol–water partition coefficient (Wildman–Crippen LogP) is 2.35. The quantitative estimate of drug-likeness (QED) is 0.812. The molecular formula is C17H34N2O. The lowest BCUT2D eigenvalue weighted by Gasteiger charge is -2.42. The first-order chi connectivity index (χ1) is 9.51. The Morgan fingerprint density at radius 2 is 2.05 bits per heavy atom. The van der Waals surface area contributed by atoms with E-state index < -0.39 is 0 Å². The Morgan fingerprint density at radius 3 is 2.65 bits per heavy atom. The third-order valence-corrected chi connectivity index (χ3v) is 5.60. The minimum absolute atomic E-state index is 0.145. The molecule has 20 heavy (non-hydrogen) atoms. The molecule has 3 heteroatoms. The number of likely N-dealkylation sites (tertiary alicyclic amines) is 1. The molecule has 1 aliphatic carbocycles. The molecule has 2 fully saturated rings. The normalized spacial score (nSPS) is 41.0. The van der Waals surface area contributed by atoms with Crippen molar-refractivity contribution in [3.8, 4) is 0 Å². The van der Waals surface area contributed by atoms with Crippen LogP contribution in [0.4, 0.5) is 0 Å². The van der Waals surface area contributed by atoms with Gasteiger partial charge in [0.05, 0.1) is 6.10 Å². The number of nitrogens with zero attached hydrogens (tertiary/aromatic N) is 1. The van der Waals surface area contributed by atoms with Gasteiger partial charge in [0.15, 0.2) is 0 Å². The van der Waals surface area contributed by atoms with Crippen LogP contribution in [0.3, 0.4) is 0 Å². The van der Waals surface area contributed by atoms with Gasteiger partial charge in [-0.15, -0.1) is 0 Å². The molecule has 2 N–H and O–H groups in total. The Kier molecular flexibility index (Phi) is 5.88. The summed E-state index contributed by atoms with van der Waals surface area (Å²) >= 11 is 0. The third-order valence-electron chi connectivity index (χ3n) is 5.60. The fraction of sp³-hybridized carbons (Fsp3) is 1.00. The van der Waals surface area contributed by atoms with Crippen LogP contribution in [0.1, 0.15) is 47.0 Å². The van der Waals surface area contributed by atoms with Gasteiger partial charge in [-0.3, -0.25) is 0 Å². The Bertz CT molecular complexity index is 295. The maximum Gasteiger partial charge on any atom is 0.0552 e. The zero-order chi connectivity index (χ0) is 14.7. The summed E-state index contributed by atoms with van der Waals surface area (Å²) in [6.45, 7) is 13.6. The fourth-order valence-electron chi connectivity index (χ4n) is 4.43. The van der Waals surface area contributed by atoms with Gasteiger partial charge in [-0.05, 0) is 62.9 Å². The average Bonchev–Trinajstić information content (AvgIpc) is 2.82. The molecule has 1 aliphatic heterocycles. The Balaban J connectivity index is 1.92. The monoisotopic (exact) mass is 282 g/mol. The topological polar surface area (TPSA) is 35.5 Å². The second kappa shape index (κ2) is 7.24. The van der Waals surface area contributed by atoms with E-state index in [1.807, 2.05) is 6.92 Å². The van der Waals surface area contributed by atoms with E-state index >= 15 is 0 Å². The number of hydrogen-bond acceptors (Lipinski definition) is 3. The van der Waals surface area contributed by atoms with Crippen molar-refractivity contribution in [2.24, 2.45) is 23.7 Å². The van der Waals surface area contributed by atoms with Crippen molar-refractivity contribution < 1.29 is 5.11 Å². The van der Waals surface area contributed by atoms with Gasteiger partial charge in [0.1, 0.15) is 0 Å². The standard InChI is InChI=1S/C17H34N2O/c1-5-18-17-9-12(2)8-13(3)16(17)11-19-7-6-15(10-19)14(4)20/h12-18,20H,5-11H2,1-4H3. The van der Waals surface area contributed by atoms with E-state index in [4.69, 9.17) is 0 Å². The van der Waals surface area contributed by atoms with Crippen molar-refractivity contribution >= 4 is 0 Å². The molecule has 0 spiro atoms. The molecule has 0 bridgehead atoms. The van der Waals surface area contributed by atoms with Crippen molar-refractivity contribution in [1.29, 1.82) is 0 Å². The molecular weight excluding hydrogens is 248 g/mol. The van der Waals surface area contributed by atoms with Crippen LogP contribution in [0, 0.1) is 23.7 Å². The molecule has 0 amide bonds. The first-order valence-corrected chi connectivity index (χ1v) is 8.65. The first-order valence-electron chi connectivity index (χ1n) is 8.65. The lowest BCUT2D eigenvalue weighted by molar-refractivity contribution is 0.0980. The minimum atomic E-state index is -0.145. The molecule has 1 heterocycles. The highest BCUT2D eigenvalue weighted by Crippen LogP contribution is 2.35. The van der Waals surface area contributed by atoms with Crippen LogP contribution in [0.2, 0.25) is 0 Å². The lowest BCUT2D eigenvalue weighted by Crippen LogP contribution is -2.48. The highest BCUT2D eigenvalue weighted by Gasteiger charge is 2.36. The largest absolute Gasteiger partial charge is 0.393 e. The number of rotatable bonds is 5. The number of nitrogens with one attached hydrogen (secondary N) is 1. The summed E-state index contributed by atoms with van der Waals surface area (Å²) in [5.41, 5.74) is 0. The molecule has 3 nitrogen and oxygen atoms in total. The van der Waals surface area contributed by atoms with Gasteiger partial charge >= 0.3 is 0 Å². The Hall–Kier alpha value is -0.120. The van der Waals surface area contributed by atoms with E-state index in [-0.39, 0.29) is 6.10 Å². The zero-order valence-corrected chi connectivity index (χ0v) is 13.8. The van der Waals surface area contributed by atoms with Crippen molar-refractivity contribution in [3.63, 3.8) is 0 Å². The van der Waals surface area contributed by atoms with Crippen LogP contribution in [-0.2, 0) is 0 Å². The molecule has 1 saturated carbocycles. The SMILES string of the molecule is CCNC1CC(C)CC(C)C1CN1CCC(C(C)O)C1. The number of aliphatic hydroxyl groups excluding tert-OH is 1. The van der Waals surface area contributed by atoms with Crippen LogP contribution in [0.5, 0.6) is 0 Å². The highest BCUT2D eigenvalue weighted by molar-refractivity contribution is 4.91. The summed E-state index contributed by atoms with van der Waals surface area (Å²) in [4.78, 5) is 2.60. The van der Waals surface area contributed by atoms with Crippen LogP contribution >= 0.6 is 0 Å². The first kappa shape index (κ1) is 16.3. The molecule has 118 valence electrons.